The van der Waals surface area contributed by atoms with Crippen LogP contribution in [-0.2, 0) is 9.47 Å². The van der Waals surface area contributed by atoms with E-state index in [4.69, 9.17) is 29.9 Å². The molecule has 0 fully saturated rings. The summed E-state index contributed by atoms with van der Waals surface area (Å²) in [7, 11) is 0. The molecule has 0 radical (unpaired) electrons. The van der Waals surface area contributed by atoms with Crippen molar-refractivity contribution in [2.45, 2.75) is 39.1 Å². The predicted octanol–water partition coefficient (Wildman–Crippen LogP) is 1.27. The van der Waals surface area contributed by atoms with E-state index < -0.39 is 6.10 Å². The van der Waals surface area contributed by atoms with Gasteiger partial charge in [-0.05, 0) is 45.0 Å². The quantitative estimate of drug-likeness (QED) is 0.566. The van der Waals surface area contributed by atoms with Crippen molar-refractivity contribution in [3.05, 3.63) is 24.3 Å². The van der Waals surface area contributed by atoms with Crippen LogP contribution in [0.1, 0.15) is 20.8 Å². The van der Waals surface area contributed by atoms with Crippen molar-refractivity contribution < 1.29 is 29.9 Å². The largest absolute Gasteiger partial charge is 0.508 e. The Hall–Kier alpha value is -1.34. The van der Waals surface area contributed by atoms with Gasteiger partial charge in [0, 0.05) is 0 Å². The molecule has 3 atom stereocenters. The molecular formula is C15H26O6. The number of benzene rings is 1. The van der Waals surface area contributed by atoms with Crippen LogP contribution in [0, 0.1) is 0 Å². The van der Waals surface area contributed by atoms with Gasteiger partial charge < -0.3 is 29.9 Å². The van der Waals surface area contributed by atoms with E-state index in [9.17, 15) is 0 Å². The van der Waals surface area contributed by atoms with Crippen LogP contribution in [0.4, 0.5) is 0 Å². The van der Waals surface area contributed by atoms with E-state index in [0.717, 1.165) is 0 Å². The standard InChI is InChI=1S/C9H20O4.C6H6O2/c1-7(11)5-12-9(3)6-13-8(2)4-10;7-5-1-2-6(8)4-3-5/h7-11H,4-6H2,1-3H3;1-4,7-8H. The maximum atomic E-state index is 8.92. The lowest BCUT2D eigenvalue weighted by molar-refractivity contribution is -0.0620. The molecule has 122 valence electrons. The molecule has 0 aromatic heterocycles. The Balaban J connectivity index is 0.000000423. The molecule has 3 unspecified atom stereocenters. The van der Waals surface area contributed by atoms with Gasteiger partial charge in [0.25, 0.3) is 0 Å². The number of aromatic hydroxyl groups is 2. The summed E-state index contributed by atoms with van der Waals surface area (Å²) in [5, 5.41) is 34.9. The molecule has 1 aromatic carbocycles. The number of hydrogen-bond donors (Lipinski definition) is 4. The van der Waals surface area contributed by atoms with Crippen molar-refractivity contribution in [1.29, 1.82) is 0 Å². The van der Waals surface area contributed by atoms with Crippen molar-refractivity contribution in [2.75, 3.05) is 19.8 Å². The highest BCUT2D eigenvalue weighted by Crippen LogP contribution is 2.13. The second-order valence-corrected chi connectivity index (χ2v) is 4.84. The van der Waals surface area contributed by atoms with Crippen molar-refractivity contribution in [1.82, 2.24) is 0 Å². The number of rotatable bonds is 7. The van der Waals surface area contributed by atoms with Gasteiger partial charge in [0.2, 0.25) is 0 Å². The molecule has 0 aliphatic rings. The summed E-state index contributed by atoms with van der Waals surface area (Å²) in [5.74, 6) is 0.339. The van der Waals surface area contributed by atoms with Crippen LogP contribution in [0.25, 0.3) is 0 Å². The molecule has 0 spiro atoms. The maximum absolute atomic E-state index is 8.92. The highest BCUT2D eigenvalue weighted by molar-refractivity contribution is 5.28. The highest BCUT2D eigenvalue weighted by Gasteiger charge is 2.06. The molecule has 0 saturated heterocycles. The van der Waals surface area contributed by atoms with Crippen LogP contribution in [-0.4, -0.2) is 58.6 Å². The minimum atomic E-state index is -0.447. The van der Waals surface area contributed by atoms with Crippen LogP contribution in [0.3, 0.4) is 0 Å². The Bertz CT molecular complexity index is 331. The topological polar surface area (TPSA) is 99.4 Å². The second kappa shape index (κ2) is 11.3. The third-order valence-electron chi connectivity index (χ3n) is 2.34. The summed E-state index contributed by atoms with van der Waals surface area (Å²) < 4.78 is 10.5. The normalized spacial score (nSPS) is 14.7. The molecule has 0 heterocycles. The first-order valence-electron chi connectivity index (χ1n) is 6.85. The summed E-state index contributed by atoms with van der Waals surface area (Å²) >= 11 is 0. The van der Waals surface area contributed by atoms with Crippen LogP contribution in [0.15, 0.2) is 24.3 Å². The van der Waals surface area contributed by atoms with Crippen molar-refractivity contribution >= 4 is 0 Å². The smallest absolute Gasteiger partial charge is 0.115 e. The van der Waals surface area contributed by atoms with E-state index in [1.54, 1.807) is 13.8 Å². The lowest BCUT2D eigenvalue weighted by Gasteiger charge is -2.16. The van der Waals surface area contributed by atoms with Gasteiger partial charge in [-0.2, -0.15) is 0 Å². The minimum absolute atomic E-state index is 0.0170. The van der Waals surface area contributed by atoms with Gasteiger partial charge in [0.15, 0.2) is 0 Å². The van der Waals surface area contributed by atoms with E-state index >= 15 is 0 Å². The number of phenols is 2. The van der Waals surface area contributed by atoms with Crippen molar-refractivity contribution in [3.63, 3.8) is 0 Å². The number of aliphatic hydroxyl groups excluding tert-OH is 2. The van der Waals surface area contributed by atoms with Gasteiger partial charge in [-0.3, -0.25) is 0 Å². The van der Waals surface area contributed by atoms with E-state index in [1.807, 2.05) is 6.92 Å². The third-order valence-corrected chi connectivity index (χ3v) is 2.34. The molecule has 1 aromatic rings. The van der Waals surface area contributed by atoms with Gasteiger partial charge in [-0.25, -0.2) is 0 Å². The van der Waals surface area contributed by atoms with E-state index in [0.29, 0.717) is 13.2 Å². The first-order valence-corrected chi connectivity index (χ1v) is 6.85. The van der Waals surface area contributed by atoms with Crippen molar-refractivity contribution in [2.24, 2.45) is 0 Å². The fourth-order valence-corrected chi connectivity index (χ4v) is 1.16. The summed E-state index contributed by atoms with van der Waals surface area (Å²) in [4.78, 5) is 0. The minimum Gasteiger partial charge on any atom is -0.508 e. The van der Waals surface area contributed by atoms with Gasteiger partial charge in [0.05, 0.1) is 38.1 Å². The first kappa shape index (κ1) is 19.7. The lowest BCUT2D eigenvalue weighted by Crippen LogP contribution is -2.24. The summed E-state index contributed by atoms with van der Waals surface area (Å²) in [6, 6.07) is 5.70. The average Bonchev–Trinajstić information content (AvgIpc) is 2.46. The fraction of sp³-hybridized carbons (Fsp3) is 0.600. The molecule has 0 aliphatic heterocycles. The van der Waals surface area contributed by atoms with Crippen LogP contribution in [0.5, 0.6) is 11.5 Å². The monoisotopic (exact) mass is 302 g/mol. The van der Waals surface area contributed by atoms with Crippen LogP contribution in [0.2, 0.25) is 0 Å². The molecule has 0 saturated carbocycles. The average molecular weight is 302 g/mol. The molecular weight excluding hydrogens is 276 g/mol. The Morgan fingerprint density at radius 2 is 1.29 bits per heavy atom. The first-order chi connectivity index (χ1) is 9.85. The van der Waals surface area contributed by atoms with Gasteiger partial charge in [-0.1, -0.05) is 0 Å². The Morgan fingerprint density at radius 3 is 1.67 bits per heavy atom. The van der Waals surface area contributed by atoms with E-state index in [2.05, 4.69) is 0 Å². The lowest BCUT2D eigenvalue weighted by atomic mass is 10.3. The number of hydrogen-bond acceptors (Lipinski definition) is 6. The zero-order valence-corrected chi connectivity index (χ0v) is 12.8. The number of phenolic OH excluding ortho intramolecular Hbond substituents is 2. The molecule has 0 bridgehead atoms. The molecule has 21 heavy (non-hydrogen) atoms. The van der Waals surface area contributed by atoms with E-state index in [-0.39, 0.29) is 30.3 Å². The Labute approximate surface area is 125 Å². The second-order valence-electron chi connectivity index (χ2n) is 4.84. The highest BCUT2D eigenvalue weighted by atomic mass is 16.5. The molecule has 6 nitrogen and oxygen atoms in total. The fourth-order valence-electron chi connectivity index (χ4n) is 1.16. The zero-order valence-electron chi connectivity index (χ0n) is 12.8. The van der Waals surface area contributed by atoms with Gasteiger partial charge in [-0.15, -0.1) is 0 Å². The van der Waals surface area contributed by atoms with Gasteiger partial charge in [0.1, 0.15) is 11.5 Å². The zero-order chi connectivity index (χ0) is 16.3. The SMILES string of the molecule is CC(O)COC(C)COC(C)CO.Oc1ccc(O)cc1. The summed E-state index contributed by atoms with van der Waals surface area (Å²) in [6.45, 7) is 6.10. The summed E-state index contributed by atoms with van der Waals surface area (Å²) in [5.41, 5.74) is 0. The van der Waals surface area contributed by atoms with Crippen LogP contribution >= 0.6 is 0 Å². The molecule has 4 N–H and O–H groups in total. The van der Waals surface area contributed by atoms with Crippen LogP contribution < -0.4 is 0 Å². The summed E-state index contributed by atoms with van der Waals surface area (Å²) in [6.07, 6.45) is -0.654. The van der Waals surface area contributed by atoms with E-state index in [1.165, 1.54) is 24.3 Å². The van der Waals surface area contributed by atoms with Crippen molar-refractivity contribution in [3.8, 4) is 11.5 Å². The molecule has 0 aliphatic carbocycles. The third kappa shape index (κ3) is 12.1. The molecule has 6 heteroatoms. The Kier molecular flexibility index (Phi) is 10.6. The molecule has 1 rings (SSSR count). The number of ether oxygens (including phenoxy) is 2. The maximum Gasteiger partial charge on any atom is 0.115 e. The number of aliphatic hydroxyl groups is 2. The molecule has 0 amide bonds. The van der Waals surface area contributed by atoms with Gasteiger partial charge >= 0.3 is 0 Å². The Morgan fingerprint density at radius 1 is 0.857 bits per heavy atom. The predicted molar refractivity (Wildman–Crippen MR) is 79.4 cm³/mol.